The highest BCUT2D eigenvalue weighted by Gasteiger charge is 2.12. The minimum atomic E-state index is -0.0483. The lowest BCUT2D eigenvalue weighted by Crippen LogP contribution is -2.28. The second kappa shape index (κ2) is 9.41. The molecule has 2 aromatic carbocycles. The number of carbonyl (C=O) groups excluding carboxylic acids is 1. The molecule has 0 bridgehead atoms. The topological polar surface area (TPSA) is 79.9 Å². The zero-order valence-electron chi connectivity index (χ0n) is 16.2. The predicted octanol–water partition coefficient (Wildman–Crippen LogP) is 4.01. The summed E-state index contributed by atoms with van der Waals surface area (Å²) in [5.41, 5.74) is 3.29. The molecule has 28 heavy (non-hydrogen) atoms. The second-order valence-corrected chi connectivity index (χ2v) is 7.31. The van der Waals surface area contributed by atoms with Gasteiger partial charge in [0.05, 0.1) is 18.9 Å². The molecule has 0 fully saturated rings. The van der Waals surface area contributed by atoms with Crippen molar-refractivity contribution < 1.29 is 9.53 Å². The van der Waals surface area contributed by atoms with Crippen molar-refractivity contribution >= 4 is 17.7 Å². The second-order valence-electron chi connectivity index (χ2n) is 6.37. The summed E-state index contributed by atoms with van der Waals surface area (Å²) in [6, 6.07) is 15.8. The monoisotopic (exact) mass is 396 g/mol. The molecular weight excluding hydrogens is 372 g/mol. The van der Waals surface area contributed by atoms with Gasteiger partial charge in [-0.05, 0) is 48.7 Å². The Morgan fingerprint density at radius 1 is 1.18 bits per heavy atom. The first kappa shape index (κ1) is 19.9. The normalized spacial score (nSPS) is 11.8. The fourth-order valence-electron chi connectivity index (χ4n) is 2.73. The van der Waals surface area contributed by atoms with Crippen molar-refractivity contribution in [3.8, 4) is 17.1 Å². The van der Waals surface area contributed by atoms with E-state index in [0.29, 0.717) is 11.0 Å². The molecule has 0 saturated heterocycles. The van der Waals surface area contributed by atoms with Gasteiger partial charge in [0.15, 0.2) is 5.82 Å². The summed E-state index contributed by atoms with van der Waals surface area (Å²) in [7, 11) is 1.63. The zero-order chi connectivity index (χ0) is 19.9. The number of rotatable bonds is 8. The Balaban J connectivity index is 1.52. The molecule has 0 unspecified atom stereocenters. The van der Waals surface area contributed by atoms with E-state index in [-0.39, 0.29) is 17.7 Å². The standard InChI is InChI=1S/C21H24N4O2S/c1-4-15-5-7-16(8-6-15)14(2)22-19(26)13-28-21-23-20(24-25-21)17-9-11-18(27-3)12-10-17/h5-12,14H,4,13H2,1-3H3,(H,22,26)(H,23,24,25)/t14-/m0/s1. The summed E-state index contributed by atoms with van der Waals surface area (Å²) in [5.74, 6) is 1.66. The van der Waals surface area contributed by atoms with Crippen molar-refractivity contribution in [1.29, 1.82) is 0 Å². The van der Waals surface area contributed by atoms with E-state index in [0.717, 1.165) is 23.3 Å². The van der Waals surface area contributed by atoms with Gasteiger partial charge >= 0.3 is 0 Å². The van der Waals surface area contributed by atoms with Gasteiger partial charge in [-0.15, -0.1) is 5.10 Å². The molecule has 1 aromatic heterocycles. The summed E-state index contributed by atoms with van der Waals surface area (Å²) >= 11 is 1.30. The van der Waals surface area contributed by atoms with Crippen LogP contribution in [0.4, 0.5) is 0 Å². The Labute approximate surface area is 169 Å². The number of methoxy groups -OCH3 is 1. The number of hydrogen-bond donors (Lipinski definition) is 2. The molecular formula is C21H24N4O2S. The Morgan fingerprint density at radius 3 is 2.54 bits per heavy atom. The molecule has 0 aliphatic rings. The van der Waals surface area contributed by atoms with E-state index in [4.69, 9.17) is 4.74 Å². The van der Waals surface area contributed by atoms with Crippen LogP contribution in [0.15, 0.2) is 53.7 Å². The van der Waals surface area contributed by atoms with Crippen LogP contribution in [0.25, 0.3) is 11.4 Å². The fraction of sp³-hybridized carbons (Fsp3) is 0.286. The van der Waals surface area contributed by atoms with Crippen molar-refractivity contribution in [2.75, 3.05) is 12.9 Å². The van der Waals surface area contributed by atoms with Crippen LogP contribution in [0.5, 0.6) is 5.75 Å². The van der Waals surface area contributed by atoms with E-state index in [1.54, 1.807) is 7.11 Å². The first-order chi connectivity index (χ1) is 13.6. The van der Waals surface area contributed by atoms with Crippen LogP contribution in [0.3, 0.4) is 0 Å². The minimum absolute atomic E-state index is 0.0407. The van der Waals surface area contributed by atoms with Crippen LogP contribution < -0.4 is 10.1 Å². The molecule has 146 valence electrons. The van der Waals surface area contributed by atoms with Gasteiger partial charge in [0.1, 0.15) is 5.75 Å². The van der Waals surface area contributed by atoms with Gasteiger partial charge in [0, 0.05) is 5.56 Å². The number of hydrogen-bond acceptors (Lipinski definition) is 5. The number of nitrogens with zero attached hydrogens (tertiary/aromatic N) is 2. The quantitative estimate of drug-likeness (QED) is 0.562. The number of aromatic nitrogens is 3. The number of ether oxygens (including phenoxy) is 1. The molecule has 0 radical (unpaired) electrons. The first-order valence-corrected chi connectivity index (χ1v) is 10.2. The van der Waals surface area contributed by atoms with E-state index >= 15 is 0 Å². The SMILES string of the molecule is CCc1ccc([C@H](C)NC(=O)CSc2n[nH]c(-c3ccc(OC)cc3)n2)cc1. The molecule has 1 amide bonds. The van der Waals surface area contributed by atoms with Gasteiger partial charge in [-0.25, -0.2) is 4.98 Å². The summed E-state index contributed by atoms with van der Waals surface area (Å²) < 4.78 is 5.16. The highest BCUT2D eigenvalue weighted by Crippen LogP contribution is 2.22. The van der Waals surface area contributed by atoms with Crippen molar-refractivity contribution in [2.24, 2.45) is 0 Å². The number of amides is 1. The molecule has 0 saturated carbocycles. The average Bonchev–Trinajstić information content (AvgIpc) is 3.21. The lowest BCUT2D eigenvalue weighted by Gasteiger charge is -2.14. The minimum Gasteiger partial charge on any atom is -0.497 e. The summed E-state index contributed by atoms with van der Waals surface area (Å²) in [5, 5.41) is 10.6. The fourth-order valence-corrected chi connectivity index (χ4v) is 3.34. The van der Waals surface area contributed by atoms with Gasteiger partial charge in [-0.1, -0.05) is 43.0 Å². The van der Waals surface area contributed by atoms with E-state index in [9.17, 15) is 4.79 Å². The smallest absolute Gasteiger partial charge is 0.230 e. The zero-order valence-corrected chi connectivity index (χ0v) is 17.0. The third kappa shape index (κ3) is 5.13. The molecule has 2 N–H and O–H groups in total. The number of H-pyrrole nitrogens is 1. The molecule has 1 heterocycles. The van der Waals surface area contributed by atoms with E-state index in [2.05, 4.69) is 51.7 Å². The largest absolute Gasteiger partial charge is 0.497 e. The molecule has 0 aliphatic heterocycles. The molecule has 7 heteroatoms. The first-order valence-electron chi connectivity index (χ1n) is 9.17. The number of aromatic amines is 1. The highest BCUT2D eigenvalue weighted by molar-refractivity contribution is 7.99. The van der Waals surface area contributed by atoms with Gasteiger partial charge in [0.2, 0.25) is 11.1 Å². The van der Waals surface area contributed by atoms with Gasteiger partial charge in [-0.3, -0.25) is 9.89 Å². The number of carbonyl (C=O) groups is 1. The molecule has 6 nitrogen and oxygen atoms in total. The van der Waals surface area contributed by atoms with Crippen molar-refractivity contribution in [3.63, 3.8) is 0 Å². The van der Waals surface area contributed by atoms with Crippen molar-refractivity contribution in [3.05, 3.63) is 59.7 Å². The molecule has 3 aromatic rings. The lowest BCUT2D eigenvalue weighted by molar-refractivity contribution is -0.119. The summed E-state index contributed by atoms with van der Waals surface area (Å²) in [6.45, 7) is 4.11. The van der Waals surface area contributed by atoms with Crippen LogP contribution in [-0.4, -0.2) is 34.0 Å². The maximum Gasteiger partial charge on any atom is 0.230 e. The van der Waals surface area contributed by atoms with Crippen LogP contribution in [0, 0.1) is 0 Å². The van der Waals surface area contributed by atoms with Gasteiger partial charge < -0.3 is 10.1 Å². The maximum absolute atomic E-state index is 12.3. The Hall–Kier alpha value is -2.80. The third-order valence-electron chi connectivity index (χ3n) is 4.43. The van der Waals surface area contributed by atoms with Crippen LogP contribution in [-0.2, 0) is 11.2 Å². The van der Waals surface area contributed by atoms with E-state index in [1.165, 1.54) is 17.3 Å². The maximum atomic E-state index is 12.3. The molecule has 0 spiro atoms. The Kier molecular flexibility index (Phi) is 6.71. The lowest BCUT2D eigenvalue weighted by atomic mass is 10.1. The van der Waals surface area contributed by atoms with Crippen LogP contribution in [0.2, 0.25) is 0 Å². The van der Waals surface area contributed by atoms with E-state index < -0.39 is 0 Å². The molecule has 1 atom stereocenters. The third-order valence-corrected chi connectivity index (χ3v) is 5.27. The number of aryl methyl sites for hydroxylation is 1. The highest BCUT2D eigenvalue weighted by atomic mass is 32.2. The number of thioether (sulfide) groups is 1. The van der Waals surface area contributed by atoms with Crippen LogP contribution in [0.1, 0.15) is 31.0 Å². The van der Waals surface area contributed by atoms with Crippen molar-refractivity contribution in [2.45, 2.75) is 31.5 Å². The van der Waals surface area contributed by atoms with Gasteiger partial charge in [0.25, 0.3) is 0 Å². The molecule has 0 aliphatic carbocycles. The van der Waals surface area contributed by atoms with Crippen molar-refractivity contribution in [1.82, 2.24) is 20.5 Å². The van der Waals surface area contributed by atoms with Crippen LogP contribution >= 0.6 is 11.8 Å². The van der Waals surface area contributed by atoms with E-state index in [1.807, 2.05) is 31.2 Å². The summed E-state index contributed by atoms with van der Waals surface area (Å²) in [4.78, 5) is 16.7. The molecule has 3 rings (SSSR count). The summed E-state index contributed by atoms with van der Waals surface area (Å²) in [6.07, 6.45) is 1.01. The Morgan fingerprint density at radius 2 is 1.89 bits per heavy atom. The van der Waals surface area contributed by atoms with Gasteiger partial charge in [-0.2, -0.15) is 0 Å². The number of nitrogens with one attached hydrogen (secondary N) is 2. The average molecular weight is 397 g/mol. The predicted molar refractivity (Wildman–Crippen MR) is 111 cm³/mol. The Bertz CT molecular complexity index is 907. The number of benzene rings is 2.